The third kappa shape index (κ3) is 4.16. The Morgan fingerprint density at radius 1 is 1.00 bits per heavy atom. The Balaban J connectivity index is 1.95. The number of hydrogen-bond acceptors (Lipinski definition) is 2. The lowest BCUT2D eigenvalue weighted by Crippen LogP contribution is -1.98. The minimum Gasteiger partial charge on any atom is -0.490 e. The molecule has 2 aromatic rings. The van der Waals surface area contributed by atoms with Crippen LogP contribution in [0.25, 0.3) is 0 Å². The molecule has 0 unspecified atom stereocenters. The lowest BCUT2D eigenvalue weighted by Gasteiger charge is -2.11. The highest BCUT2D eigenvalue weighted by Crippen LogP contribution is 2.24. The molecule has 2 heteroatoms. The summed E-state index contributed by atoms with van der Waals surface area (Å²) in [6.45, 7) is 5.19. The van der Waals surface area contributed by atoms with Crippen LogP contribution >= 0.6 is 0 Å². The van der Waals surface area contributed by atoms with Crippen molar-refractivity contribution in [3.63, 3.8) is 0 Å². The van der Waals surface area contributed by atoms with E-state index >= 15 is 0 Å². The second-order valence-electron chi connectivity index (χ2n) is 4.58. The van der Waals surface area contributed by atoms with Gasteiger partial charge in [0.1, 0.15) is 24.7 Å². The van der Waals surface area contributed by atoms with E-state index < -0.39 is 0 Å². The van der Waals surface area contributed by atoms with Crippen LogP contribution in [0.5, 0.6) is 11.5 Å². The van der Waals surface area contributed by atoms with Crippen LogP contribution in [-0.4, -0.2) is 6.61 Å². The van der Waals surface area contributed by atoms with E-state index in [9.17, 15) is 0 Å². The van der Waals surface area contributed by atoms with Crippen LogP contribution in [0.1, 0.15) is 18.1 Å². The van der Waals surface area contributed by atoms with Gasteiger partial charge in [0.25, 0.3) is 0 Å². The van der Waals surface area contributed by atoms with Crippen LogP contribution in [0.15, 0.2) is 60.7 Å². The van der Waals surface area contributed by atoms with Crippen molar-refractivity contribution in [2.24, 2.45) is 0 Å². The quantitative estimate of drug-likeness (QED) is 0.717. The second-order valence-corrected chi connectivity index (χ2v) is 4.58. The molecule has 0 radical (unpaired) electrons. The smallest absolute Gasteiger partial charge is 0.122 e. The Hall–Kier alpha value is -2.22. The summed E-state index contributed by atoms with van der Waals surface area (Å²) in [6.07, 6.45) is 3.96. The number of allylic oxidation sites excluding steroid dienone is 1. The minimum atomic E-state index is 0.584. The van der Waals surface area contributed by atoms with Gasteiger partial charge < -0.3 is 9.47 Å². The van der Waals surface area contributed by atoms with Gasteiger partial charge in [-0.2, -0.15) is 0 Å². The molecule has 0 saturated heterocycles. The monoisotopic (exact) mass is 268 g/mol. The van der Waals surface area contributed by atoms with Gasteiger partial charge in [-0.25, -0.2) is 0 Å². The Labute approximate surface area is 120 Å². The molecule has 0 saturated carbocycles. The molecule has 104 valence electrons. The molecule has 0 aliphatic carbocycles. The first-order chi connectivity index (χ1) is 9.79. The average Bonchev–Trinajstić information content (AvgIpc) is 2.48. The number of aryl methyl sites for hydroxylation is 1. The zero-order valence-corrected chi connectivity index (χ0v) is 12.0. The zero-order chi connectivity index (χ0) is 14.2. The molecule has 2 rings (SSSR count). The number of benzene rings is 2. The molecule has 0 aliphatic heterocycles. The third-order valence-corrected chi connectivity index (χ3v) is 2.97. The first-order valence-electron chi connectivity index (χ1n) is 6.81. The van der Waals surface area contributed by atoms with Crippen molar-refractivity contribution in [3.05, 3.63) is 71.8 Å². The molecular formula is C18H20O2. The lowest BCUT2D eigenvalue weighted by molar-refractivity contribution is 0.302. The van der Waals surface area contributed by atoms with E-state index in [-0.39, 0.29) is 0 Å². The van der Waals surface area contributed by atoms with Crippen LogP contribution in [0, 0.1) is 6.92 Å². The van der Waals surface area contributed by atoms with E-state index in [4.69, 9.17) is 9.47 Å². The zero-order valence-electron chi connectivity index (χ0n) is 12.0. The van der Waals surface area contributed by atoms with Crippen LogP contribution in [0.3, 0.4) is 0 Å². The largest absolute Gasteiger partial charge is 0.490 e. The molecular weight excluding hydrogens is 248 g/mol. The SMILES string of the molecule is C/C=C/COc1ccc(OCc2ccccc2)c(C)c1. The molecule has 0 bridgehead atoms. The first kappa shape index (κ1) is 14.2. The van der Waals surface area contributed by atoms with Gasteiger partial charge in [0.05, 0.1) is 0 Å². The summed E-state index contributed by atoms with van der Waals surface area (Å²) in [5.41, 5.74) is 2.25. The summed E-state index contributed by atoms with van der Waals surface area (Å²) in [5, 5.41) is 0. The highest BCUT2D eigenvalue weighted by Gasteiger charge is 2.02. The van der Waals surface area contributed by atoms with E-state index in [1.54, 1.807) is 0 Å². The van der Waals surface area contributed by atoms with Crippen molar-refractivity contribution in [2.45, 2.75) is 20.5 Å². The Morgan fingerprint density at radius 3 is 2.50 bits per heavy atom. The number of hydrogen-bond donors (Lipinski definition) is 0. The van der Waals surface area contributed by atoms with Crippen LogP contribution < -0.4 is 9.47 Å². The number of ether oxygens (including phenoxy) is 2. The molecule has 0 amide bonds. The molecule has 0 aromatic heterocycles. The third-order valence-electron chi connectivity index (χ3n) is 2.97. The summed E-state index contributed by atoms with van der Waals surface area (Å²) < 4.78 is 11.4. The molecule has 2 nitrogen and oxygen atoms in total. The van der Waals surface area contributed by atoms with Gasteiger partial charge in [0, 0.05) is 0 Å². The van der Waals surface area contributed by atoms with Crippen LogP contribution in [0.2, 0.25) is 0 Å². The fraction of sp³-hybridized carbons (Fsp3) is 0.222. The van der Waals surface area contributed by atoms with Gasteiger partial charge in [0.15, 0.2) is 0 Å². The van der Waals surface area contributed by atoms with Gasteiger partial charge in [0.2, 0.25) is 0 Å². The van der Waals surface area contributed by atoms with Crippen molar-refractivity contribution < 1.29 is 9.47 Å². The van der Waals surface area contributed by atoms with Gasteiger partial charge in [-0.05, 0) is 43.2 Å². The highest BCUT2D eigenvalue weighted by molar-refractivity contribution is 5.39. The molecule has 0 fully saturated rings. The standard InChI is InChI=1S/C18H20O2/c1-3-4-12-19-17-10-11-18(15(2)13-17)20-14-16-8-6-5-7-9-16/h3-11,13H,12,14H2,1-2H3/b4-3+. The molecule has 0 heterocycles. The molecule has 0 atom stereocenters. The average molecular weight is 268 g/mol. The van der Waals surface area contributed by atoms with Crippen molar-refractivity contribution in [1.82, 2.24) is 0 Å². The first-order valence-corrected chi connectivity index (χ1v) is 6.81. The van der Waals surface area contributed by atoms with Crippen molar-refractivity contribution in [2.75, 3.05) is 6.61 Å². The van der Waals surface area contributed by atoms with Crippen molar-refractivity contribution >= 4 is 0 Å². The molecule has 0 spiro atoms. The summed E-state index contributed by atoms with van der Waals surface area (Å²) in [4.78, 5) is 0. The normalized spacial score (nSPS) is 10.7. The van der Waals surface area contributed by atoms with Gasteiger partial charge >= 0.3 is 0 Å². The molecule has 0 N–H and O–H groups in total. The summed E-state index contributed by atoms with van der Waals surface area (Å²) in [7, 11) is 0. The van der Waals surface area contributed by atoms with E-state index in [0.717, 1.165) is 17.1 Å². The van der Waals surface area contributed by atoms with Crippen LogP contribution in [0.4, 0.5) is 0 Å². The molecule has 20 heavy (non-hydrogen) atoms. The maximum atomic E-state index is 5.83. The Morgan fingerprint density at radius 2 is 1.80 bits per heavy atom. The minimum absolute atomic E-state index is 0.584. The maximum absolute atomic E-state index is 5.83. The van der Waals surface area contributed by atoms with E-state index in [1.165, 1.54) is 5.56 Å². The second kappa shape index (κ2) is 7.39. The number of rotatable bonds is 6. The predicted molar refractivity (Wildman–Crippen MR) is 82.3 cm³/mol. The van der Waals surface area contributed by atoms with E-state index in [2.05, 4.69) is 12.1 Å². The summed E-state index contributed by atoms with van der Waals surface area (Å²) in [5.74, 6) is 1.76. The fourth-order valence-corrected chi connectivity index (χ4v) is 1.85. The van der Waals surface area contributed by atoms with Gasteiger partial charge in [-0.3, -0.25) is 0 Å². The Bertz CT molecular complexity index is 559. The van der Waals surface area contributed by atoms with Crippen LogP contribution in [-0.2, 0) is 6.61 Å². The van der Waals surface area contributed by atoms with Gasteiger partial charge in [-0.15, -0.1) is 0 Å². The molecule has 2 aromatic carbocycles. The van der Waals surface area contributed by atoms with Crippen molar-refractivity contribution in [3.8, 4) is 11.5 Å². The summed E-state index contributed by atoms with van der Waals surface area (Å²) >= 11 is 0. The fourth-order valence-electron chi connectivity index (χ4n) is 1.85. The predicted octanol–water partition coefficient (Wildman–Crippen LogP) is 4.53. The lowest BCUT2D eigenvalue weighted by atomic mass is 10.2. The topological polar surface area (TPSA) is 18.5 Å². The maximum Gasteiger partial charge on any atom is 0.122 e. The highest BCUT2D eigenvalue weighted by atomic mass is 16.5. The van der Waals surface area contributed by atoms with Crippen molar-refractivity contribution in [1.29, 1.82) is 0 Å². The van der Waals surface area contributed by atoms with E-state index in [0.29, 0.717) is 13.2 Å². The summed E-state index contributed by atoms with van der Waals surface area (Å²) in [6, 6.07) is 16.1. The Kier molecular flexibility index (Phi) is 5.24. The van der Waals surface area contributed by atoms with Gasteiger partial charge in [-0.1, -0.05) is 42.5 Å². The molecule has 0 aliphatic rings. The van der Waals surface area contributed by atoms with E-state index in [1.807, 2.05) is 62.4 Å².